The maximum Gasteiger partial charge on any atom is 0.231 e. The smallest absolute Gasteiger partial charge is 0.231 e. The summed E-state index contributed by atoms with van der Waals surface area (Å²) in [4.78, 5) is 17.3. The summed E-state index contributed by atoms with van der Waals surface area (Å²) in [5.74, 6) is 1.76. The molecule has 8 heteroatoms. The van der Waals surface area contributed by atoms with Crippen molar-refractivity contribution in [2.75, 3.05) is 12.1 Å². The summed E-state index contributed by atoms with van der Waals surface area (Å²) in [6, 6.07) is 21.2. The Kier molecular flexibility index (Phi) is 5.00. The molecule has 0 atom stereocenters. The first-order valence-corrected chi connectivity index (χ1v) is 11.6. The largest absolute Gasteiger partial charge is 0.454 e. The van der Waals surface area contributed by atoms with Crippen LogP contribution >= 0.6 is 11.3 Å². The molecule has 1 amide bonds. The molecule has 3 heterocycles. The maximum absolute atomic E-state index is 12.5. The van der Waals surface area contributed by atoms with E-state index in [1.807, 2.05) is 48.5 Å². The molecule has 3 aromatic carbocycles. The van der Waals surface area contributed by atoms with E-state index in [-0.39, 0.29) is 19.1 Å². The minimum absolute atomic E-state index is 0.104. The van der Waals surface area contributed by atoms with Gasteiger partial charge in [-0.1, -0.05) is 11.2 Å². The second kappa shape index (κ2) is 8.31. The minimum atomic E-state index is -0.172. The van der Waals surface area contributed by atoms with E-state index < -0.39 is 0 Å². The van der Waals surface area contributed by atoms with Gasteiger partial charge in [-0.25, -0.2) is 4.98 Å². The Morgan fingerprint density at radius 1 is 0.971 bits per heavy atom. The lowest BCUT2D eigenvalue weighted by atomic mass is 10.1. The van der Waals surface area contributed by atoms with Crippen LogP contribution in [0.5, 0.6) is 11.5 Å². The van der Waals surface area contributed by atoms with Gasteiger partial charge < -0.3 is 19.3 Å². The highest BCUT2D eigenvalue weighted by atomic mass is 32.1. The molecule has 34 heavy (non-hydrogen) atoms. The number of ether oxygens (including phenoxy) is 2. The van der Waals surface area contributed by atoms with Crippen molar-refractivity contribution in [3.8, 4) is 33.4 Å². The van der Waals surface area contributed by atoms with Crippen molar-refractivity contribution >= 4 is 33.1 Å². The molecule has 7 nitrogen and oxygen atoms in total. The molecule has 0 saturated carbocycles. The lowest BCUT2D eigenvalue weighted by Gasteiger charge is -2.04. The van der Waals surface area contributed by atoms with Crippen molar-refractivity contribution in [3.05, 3.63) is 78.0 Å². The van der Waals surface area contributed by atoms with Crippen LogP contribution in [0.4, 0.5) is 5.69 Å². The summed E-state index contributed by atoms with van der Waals surface area (Å²) in [5.41, 5.74) is 5.30. The second-order valence-corrected chi connectivity index (χ2v) is 9.07. The topological polar surface area (TPSA) is 86.5 Å². The van der Waals surface area contributed by atoms with Gasteiger partial charge in [-0.05, 0) is 67.1 Å². The van der Waals surface area contributed by atoms with Crippen molar-refractivity contribution in [2.45, 2.75) is 13.3 Å². The standard InChI is InChI=1S/C26H19N3O4S/c1-15-2-8-20-24(10-15)34-26(28-20)16-3-6-18(7-4-16)27-25(30)13-19-12-22(33-29-19)17-5-9-21-23(11-17)32-14-31-21/h2-12H,13-14H2,1H3,(H,27,30). The predicted octanol–water partition coefficient (Wildman–Crippen LogP) is 5.84. The summed E-state index contributed by atoms with van der Waals surface area (Å²) in [6.45, 7) is 2.29. The van der Waals surface area contributed by atoms with Crippen LogP contribution in [-0.2, 0) is 11.2 Å². The number of aryl methyl sites for hydroxylation is 1. The summed E-state index contributed by atoms with van der Waals surface area (Å²) >= 11 is 1.66. The zero-order chi connectivity index (χ0) is 23.1. The zero-order valence-corrected chi connectivity index (χ0v) is 19.0. The Balaban J connectivity index is 1.11. The molecular weight excluding hydrogens is 450 g/mol. The molecule has 5 aromatic rings. The number of hydrogen-bond donors (Lipinski definition) is 1. The van der Waals surface area contributed by atoms with E-state index in [0.29, 0.717) is 28.6 Å². The van der Waals surface area contributed by atoms with E-state index in [9.17, 15) is 4.79 Å². The van der Waals surface area contributed by atoms with Gasteiger partial charge >= 0.3 is 0 Å². The molecule has 1 aliphatic rings. The van der Waals surface area contributed by atoms with E-state index in [2.05, 4.69) is 29.5 Å². The summed E-state index contributed by atoms with van der Waals surface area (Å²) in [5, 5.41) is 7.90. The van der Waals surface area contributed by atoms with Crippen molar-refractivity contribution in [1.29, 1.82) is 0 Å². The Morgan fingerprint density at radius 2 is 1.79 bits per heavy atom. The second-order valence-electron chi connectivity index (χ2n) is 8.04. The number of benzene rings is 3. The summed E-state index contributed by atoms with van der Waals surface area (Å²) in [7, 11) is 0. The highest BCUT2D eigenvalue weighted by Gasteiger charge is 2.17. The summed E-state index contributed by atoms with van der Waals surface area (Å²) in [6.07, 6.45) is 0.104. The van der Waals surface area contributed by atoms with Crippen molar-refractivity contribution in [3.63, 3.8) is 0 Å². The maximum atomic E-state index is 12.5. The Hall–Kier alpha value is -4.17. The van der Waals surface area contributed by atoms with E-state index >= 15 is 0 Å². The van der Waals surface area contributed by atoms with Crippen LogP contribution in [0.25, 0.3) is 32.1 Å². The molecular formula is C26H19N3O4S. The van der Waals surface area contributed by atoms with Crippen molar-refractivity contribution in [2.24, 2.45) is 0 Å². The molecule has 0 saturated heterocycles. The first kappa shape index (κ1) is 20.4. The van der Waals surface area contributed by atoms with Gasteiger partial charge in [0.15, 0.2) is 17.3 Å². The van der Waals surface area contributed by atoms with E-state index in [0.717, 1.165) is 21.7 Å². The van der Waals surface area contributed by atoms with Crippen molar-refractivity contribution < 1.29 is 18.8 Å². The van der Waals surface area contributed by atoms with Gasteiger partial charge in [-0.15, -0.1) is 11.3 Å². The van der Waals surface area contributed by atoms with Crippen LogP contribution in [-0.4, -0.2) is 22.8 Å². The fraction of sp³-hybridized carbons (Fsp3) is 0.115. The van der Waals surface area contributed by atoms with Crippen molar-refractivity contribution in [1.82, 2.24) is 10.1 Å². The highest BCUT2D eigenvalue weighted by Crippen LogP contribution is 2.36. The third kappa shape index (κ3) is 3.99. The van der Waals surface area contributed by atoms with Gasteiger partial charge in [0.25, 0.3) is 0 Å². The molecule has 0 unspecified atom stereocenters. The molecule has 0 fully saturated rings. The number of anilines is 1. The first-order valence-electron chi connectivity index (χ1n) is 10.7. The first-order chi connectivity index (χ1) is 16.6. The average molecular weight is 470 g/mol. The fourth-order valence-electron chi connectivity index (χ4n) is 3.80. The van der Waals surface area contributed by atoms with Gasteiger partial charge in [0.05, 0.1) is 22.3 Å². The monoisotopic (exact) mass is 469 g/mol. The van der Waals surface area contributed by atoms with Crippen LogP contribution < -0.4 is 14.8 Å². The van der Waals surface area contributed by atoms with Crippen LogP contribution in [0.3, 0.4) is 0 Å². The third-order valence-electron chi connectivity index (χ3n) is 5.52. The fourth-order valence-corrected chi connectivity index (χ4v) is 4.87. The third-order valence-corrected chi connectivity index (χ3v) is 6.58. The molecule has 0 spiro atoms. The Bertz CT molecular complexity index is 1520. The van der Waals surface area contributed by atoms with Crippen LogP contribution in [0.1, 0.15) is 11.3 Å². The molecule has 1 aliphatic heterocycles. The molecule has 0 bridgehead atoms. The number of hydrogen-bond acceptors (Lipinski definition) is 7. The molecule has 2 aromatic heterocycles. The van der Waals surface area contributed by atoms with Gasteiger partial charge in [-0.2, -0.15) is 0 Å². The van der Waals surface area contributed by atoms with E-state index in [4.69, 9.17) is 19.0 Å². The van der Waals surface area contributed by atoms with Gasteiger partial charge in [0.2, 0.25) is 12.7 Å². The average Bonchev–Trinajstić information content (AvgIpc) is 3.58. The van der Waals surface area contributed by atoms with Crippen LogP contribution in [0.15, 0.2) is 71.3 Å². The quantitative estimate of drug-likeness (QED) is 0.348. The number of carbonyl (C=O) groups excluding carboxylic acids is 1. The molecule has 0 radical (unpaired) electrons. The highest BCUT2D eigenvalue weighted by molar-refractivity contribution is 7.21. The molecule has 1 N–H and O–H groups in total. The van der Waals surface area contributed by atoms with Crippen LogP contribution in [0.2, 0.25) is 0 Å². The molecule has 0 aliphatic carbocycles. The Morgan fingerprint density at radius 3 is 2.68 bits per heavy atom. The minimum Gasteiger partial charge on any atom is -0.454 e. The number of thiazole rings is 1. The SMILES string of the molecule is Cc1ccc2nc(-c3ccc(NC(=O)Cc4cc(-c5ccc6c(c5)OCO6)on4)cc3)sc2c1. The predicted molar refractivity (Wildman–Crippen MR) is 130 cm³/mol. The normalized spacial score (nSPS) is 12.3. The summed E-state index contributed by atoms with van der Waals surface area (Å²) < 4.78 is 17.3. The number of rotatable bonds is 5. The number of nitrogens with one attached hydrogen (secondary N) is 1. The van der Waals surface area contributed by atoms with Crippen LogP contribution in [0, 0.1) is 6.92 Å². The number of amides is 1. The number of aromatic nitrogens is 2. The lowest BCUT2D eigenvalue weighted by Crippen LogP contribution is -2.14. The number of fused-ring (bicyclic) bond motifs is 2. The number of carbonyl (C=O) groups is 1. The lowest BCUT2D eigenvalue weighted by molar-refractivity contribution is -0.115. The zero-order valence-electron chi connectivity index (χ0n) is 18.2. The van der Waals surface area contributed by atoms with E-state index in [1.54, 1.807) is 17.4 Å². The molecule has 6 rings (SSSR count). The van der Waals surface area contributed by atoms with E-state index in [1.165, 1.54) is 10.3 Å². The molecule has 168 valence electrons. The van der Waals surface area contributed by atoms with Gasteiger partial charge in [0, 0.05) is 22.9 Å². The van der Waals surface area contributed by atoms with Gasteiger partial charge in [0.1, 0.15) is 5.01 Å². The Labute approximate surface area is 199 Å². The number of nitrogens with zero attached hydrogens (tertiary/aromatic N) is 2. The van der Waals surface area contributed by atoms with Gasteiger partial charge in [-0.3, -0.25) is 4.79 Å².